The van der Waals surface area contributed by atoms with Crippen LogP contribution in [0.2, 0.25) is 0 Å². The van der Waals surface area contributed by atoms with Gasteiger partial charge in [0.05, 0.1) is 23.6 Å². The number of hydrogen-bond donors (Lipinski definition) is 1. The van der Waals surface area contributed by atoms with Crippen LogP contribution in [-0.2, 0) is 0 Å². The van der Waals surface area contributed by atoms with E-state index in [1.807, 2.05) is 27.0 Å². The lowest BCUT2D eigenvalue weighted by Crippen LogP contribution is -2.07. The van der Waals surface area contributed by atoms with Crippen molar-refractivity contribution in [3.63, 3.8) is 0 Å². The Morgan fingerprint density at radius 2 is 2.24 bits per heavy atom. The van der Waals surface area contributed by atoms with Crippen molar-refractivity contribution in [2.75, 3.05) is 11.9 Å². The van der Waals surface area contributed by atoms with Gasteiger partial charge in [-0.2, -0.15) is 0 Å². The molecule has 2 rings (SSSR count). The molecule has 7 heteroatoms. The van der Waals surface area contributed by atoms with Crippen molar-refractivity contribution in [3.8, 4) is 5.75 Å². The van der Waals surface area contributed by atoms with Gasteiger partial charge in [0.25, 0.3) is 5.69 Å². The Morgan fingerprint density at radius 1 is 1.48 bits per heavy atom. The summed E-state index contributed by atoms with van der Waals surface area (Å²) in [6, 6.07) is 4.65. The van der Waals surface area contributed by atoms with Gasteiger partial charge in [0.2, 0.25) is 0 Å². The van der Waals surface area contributed by atoms with Crippen LogP contribution in [-0.4, -0.2) is 16.5 Å². The van der Waals surface area contributed by atoms with E-state index in [1.165, 1.54) is 12.1 Å². The topological polar surface area (TPSA) is 77.3 Å². The number of thiazole rings is 1. The maximum Gasteiger partial charge on any atom is 0.275 e. The van der Waals surface area contributed by atoms with E-state index in [4.69, 9.17) is 4.74 Å². The van der Waals surface area contributed by atoms with Crippen molar-refractivity contribution >= 4 is 22.7 Å². The fourth-order valence-corrected chi connectivity index (χ4v) is 2.68. The van der Waals surface area contributed by atoms with Crippen LogP contribution in [0.15, 0.2) is 24.4 Å². The number of aromatic nitrogens is 1. The lowest BCUT2D eigenvalue weighted by atomic mass is 10.2. The van der Waals surface area contributed by atoms with Crippen LogP contribution in [0.3, 0.4) is 0 Å². The van der Waals surface area contributed by atoms with Crippen molar-refractivity contribution in [2.24, 2.45) is 0 Å². The van der Waals surface area contributed by atoms with Crippen molar-refractivity contribution in [1.29, 1.82) is 0 Å². The Morgan fingerprint density at radius 3 is 2.81 bits per heavy atom. The minimum Gasteiger partial charge on any atom is -0.494 e. The molecule has 0 radical (unpaired) electrons. The minimum absolute atomic E-state index is 0.00553. The molecule has 0 aliphatic rings. The highest BCUT2D eigenvalue weighted by Gasteiger charge is 2.14. The number of non-ortho nitro benzene ring substituents is 1. The van der Waals surface area contributed by atoms with Crippen LogP contribution in [0.4, 0.5) is 11.4 Å². The molecule has 21 heavy (non-hydrogen) atoms. The molecule has 0 bridgehead atoms. The molecule has 1 N–H and O–H groups in total. The highest BCUT2D eigenvalue weighted by atomic mass is 32.1. The van der Waals surface area contributed by atoms with Gasteiger partial charge in [0.15, 0.2) is 0 Å². The van der Waals surface area contributed by atoms with E-state index in [1.54, 1.807) is 17.4 Å². The van der Waals surface area contributed by atoms with Gasteiger partial charge in [-0.25, -0.2) is 4.98 Å². The van der Waals surface area contributed by atoms with Crippen LogP contribution in [0.5, 0.6) is 5.75 Å². The summed E-state index contributed by atoms with van der Waals surface area (Å²) in [6.45, 7) is 6.26. The first-order valence-corrected chi connectivity index (χ1v) is 7.42. The fraction of sp³-hybridized carbons (Fsp3) is 0.357. The zero-order valence-electron chi connectivity index (χ0n) is 12.1. The molecule has 0 saturated heterocycles. The molecule has 1 aromatic heterocycles. The summed E-state index contributed by atoms with van der Waals surface area (Å²) < 4.78 is 5.37. The number of nitro benzene ring substituents is 1. The first-order chi connectivity index (χ1) is 9.99. The third-order valence-corrected chi connectivity index (χ3v) is 3.90. The molecule has 1 unspecified atom stereocenters. The van der Waals surface area contributed by atoms with Gasteiger partial charge in [0, 0.05) is 28.9 Å². The van der Waals surface area contributed by atoms with Gasteiger partial charge in [-0.3, -0.25) is 10.1 Å². The van der Waals surface area contributed by atoms with Gasteiger partial charge in [-0.15, -0.1) is 11.3 Å². The second-order valence-corrected chi connectivity index (χ2v) is 5.85. The third-order valence-electron chi connectivity index (χ3n) is 2.81. The highest BCUT2D eigenvalue weighted by molar-refractivity contribution is 7.11. The van der Waals surface area contributed by atoms with Gasteiger partial charge in [-0.1, -0.05) is 0 Å². The second kappa shape index (κ2) is 6.53. The summed E-state index contributed by atoms with van der Waals surface area (Å²) in [5, 5.41) is 15.2. The number of nitrogens with one attached hydrogen (secondary N) is 1. The predicted octanol–water partition coefficient (Wildman–Crippen LogP) is 3.93. The maximum absolute atomic E-state index is 11.0. The number of aryl methyl sites for hydroxylation is 1. The Labute approximate surface area is 126 Å². The largest absolute Gasteiger partial charge is 0.494 e. The molecular formula is C14H17N3O3S. The van der Waals surface area contributed by atoms with E-state index in [0.717, 1.165) is 9.88 Å². The molecule has 1 heterocycles. The van der Waals surface area contributed by atoms with Crippen LogP contribution in [0.25, 0.3) is 0 Å². The molecule has 0 aliphatic heterocycles. The van der Waals surface area contributed by atoms with Crippen molar-refractivity contribution in [2.45, 2.75) is 26.8 Å². The van der Waals surface area contributed by atoms with Gasteiger partial charge in [-0.05, 0) is 20.8 Å². The predicted molar refractivity (Wildman–Crippen MR) is 83.2 cm³/mol. The summed E-state index contributed by atoms with van der Waals surface area (Å²) in [7, 11) is 0. The summed E-state index contributed by atoms with van der Waals surface area (Å²) in [5.41, 5.74) is 0.652. The number of rotatable bonds is 6. The molecule has 0 aliphatic carbocycles. The maximum atomic E-state index is 11.0. The molecule has 0 fully saturated rings. The number of anilines is 1. The molecule has 0 amide bonds. The van der Waals surface area contributed by atoms with E-state index in [9.17, 15) is 10.1 Å². The second-order valence-electron chi connectivity index (χ2n) is 4.58. The minimum atomic E-state index is -0.425. The molecule has 0 spiro atoms. The average molecular weight is 307 g/mol. The lowest BCUT2D eigenvalue weighted by molar-refractivity contribution is -0.384. The molecule has 2 aromatic rings. The highest BCUT2D eigenvalue weighted by Crippen LogP contribution is 2.29. The fourth-order valence-electron chi connectivity index (χ4n) is 1.91. The van der Waals surface area contributed by atoms with Gasteiger partial charge < -0.3 is 10.1 Å². The average Bonchev–Trinajstić information content (AvgIpc) is 2.85. The first-order valence-electron chi connectivity index (χ1n) is 6.60. The third kappa shape index (κ3) is 3.91. The van der Waals surface area contributed by atoms with Crippen molar-refractivity contribution < 1.29 is 9.66 Å². The summed E-state index contributed by atoms with van der Waals surface area (Å²) in [5.74, 6) is 0.483. The Kier molecular flexibility index (Phi) is 4.74. The number of benzene rings is 1. The number of hydrogen-bond acceptors (Lipinski definition) is 6. The summed E-state index contributed by atoms with van der Waals surface area (Å²) >= 11 is 1.60. The van der Waals surface area contributed by atoms with Gasteiger partial charge in [0.1, 0.15) is 10.8 Å². The Balaban J connectivity index is 2.23. The normalized spacial score (nSPS) is 12.0. The molecule has 6 nitrogen and oxygen atoms in total. The van der Waals surface area contributed by atoms with E-state index < -0.39 is 4.92 Å². The Hall–Kier alpha value is -2.15. The van der Waals surface area contributed by atoms with E-state index in [2.05, 4.69) is 10.3 Å². The molecule has 1 atom stereocenters. The van der Waals surface area contributed by atoms with Crippen LogP contribution < -0.4 is 10.1 Å². The lowest BCUT2D eigenvalue weighted by Gasteiger charge is -2.14. The van der Waals surface area contributed by atoms with E-state index >= 15 is 0 Å². The number of nitrogens with zero attached hydrogens (tertiary/aromatic N) is 2. The summed E-state index contributed by atoms with van der Waals surface area (Å²) in [6.07, 6.45) is 1.82. The van der Waals surface area contributed by atoms with E-state index in [0.29, 0.717) is 18.0 Å². The molecule has 112 valence electrons. The standard InChI is InChI=1S/C14H17N3O3S/c1-4-20-13-6-11(5-12(7-13)17(18)19)16-10(3)14-15-8-9(2)21-14/h5-8,10,16H,4H2,1-3H3. The van der Waals surface area contributed by atoms with Crippen molar-refractivity contribution in [1.82, 2.24) is 4.98 Å². The number of nitro groups is 1. The molecule has 1 aromatic carbocycles. The zero-order chi connectivity index (χ0) is 15.4. The van der Waals surface area contributed by atoms with E-state index in [-0.39, 0.29) is 11.7 Å². The SMILES string of the molecule is CCOc1cc(NC(C)c2ncc(C)s2)cc([N+](=O)[O-])c1. The first kappa shape index (κ1) is 15.2. The van der Waals surface area contributed by atoms with Crippen LogP contribution in [0.1, 0.15) is 29.8 Å². The smallest absolute Gasteiger partial charge is 0.275 e. The van der Waals surface area contributed by atoms with Crippen LogP contribution >= 0.6 is 11.3 Å². The number of ether oxygens (including phenoxy) is 1. The Bertz CT molecular complexity index is 642. The van der Waals surface area contributed by atoms with Gasteiger partial charge >= 0.3 is 0 Å². The molecule has 0 saturated carbocycles. The van der Waals surface area contributed by atoms with Crippen molar-refractivity contribution in [3.05, 3.63) is 44.4 Å². The van der Waals surface area contributed by atoms with Crippen LogP contribution in [0, 0.1) is 17.0 Å². The monoisotopic (exact) mass is 307 g/mol. The summed E-state index contributed by atoms with van der Waals surface area (Å²) in [4.78, 5) is 16.0. The zero-order valence-corrected chi connectivity index (χ0v) is 12.9. The molecular weight excluding hydrogens is 290 g/mol. The quantitative estimate of drug-likeness (QED) is 0.646.